The van der Waals surface area contributed by atoms with Crippen LogP contribution >= 0.6 is 11.6 Å². The number of rotatable bonds is 6. The summed E-state index contributed by atoms with van der Waals surface area (Å²) in [5, 5.41) is 0.718. The molecule has 2 aromatic carbocycles. The largest absolute Gasteiger partial charge is 0.344 e. The number of imidazole rings is 1. The molecule has 0 aliphatic heterocycles. The molecular formula is C20H22ClN3O. The molecule has 0 saturated heterocycles. The van der Waals surface area contributed by atoms with Gasteiger partial charge in [-0.05, 0) is 30.2 Å². The molecule has 0 spiro atoms. The van der Waals surface area contributed by atoms with E-state index in [1.807, 2.05) is 60.1 Å². The summed E-state index contributed by atoms with van der Waals surface area (Å²) in [7, 11) is 1.85. The lowest BCUT2D eigenvalue weighted by molar-refractivity contribution is -0.130. The van der Waals surface area contributed by atoms with Gasteiger partial charge in [-0.1, -0.05) is 48.9 Å². The molecule has 5 heteroatoms. The van der Waals surface area contributed by atoms with Crippen molar-refractivity contribution in [2.45, 2.75) is 26.3 Å². The number of carbonyl (C=O) groups is 1. The Labute approximate surface area is 153 Å². The summed E-state index contributed by atoms with van der Waals surface area (Å²) in [5.41, 5.74) is 2.88. The van der Waals surface area contributed by atoms with Crippen LogP contribution in [0.2, 0.25) is 5.02 Å². The van der Waals surface area contributed by atoms with Crippen molar-refractivity contribution in [3.63, 3.8) is 0 Å². The third kappa shape index (κ3) is 3.85. The second-order valence-corrected chi connectivity index (χ2v) is 6.59. The zero-order chi connectivity index (χ0) is 17.8. The molecule has 1 aromatic heterocycles. The summed E-state index contributed by atoms with van der Waals surface area (Å²) in [5.74, 6) is 0.943. The maximum atomic E-state index is 12.6. The lowest BCUT2D eigenvalue weighted by Crippen LogP contribution is -2.31. The molecule has 0 aliphatic carbocycles. The van der Waals surface area contributed by atoms with Gasteiger partial charge in [0.2, 0.25) is 5.91 Å². The zero-order valence-corrected chi connectivity index (χ0v) is 15.3. The molecule has 130 valence electrons. The van der Waals surface area contributed by atoms with Crippen LogP contribution in [-0.2, 0) is 17.8 Å². The van der Waals surface area contributed by atoms with Crippen LogP contribution in [0.4, 0.5) is 0 Å². The van der Waals surface area contributed by atoms with Gasteiger partial charge in [-0.2, -0.15) is 0 Å². The van der Waals surface area contributed by atoms with Gasteiger partial charge in [0.1, 0.15) is 12.4 Å². The van der Waals surface area contributed by atoms with Crippen LogP contribution in [0.15, 0.2) is 48.5 Å². The van der Waals surface area contributed by atoms with Crippen LogP contribution < -0.4 is 0 Å². The number of carbonyl (C=O) groups excluding carboxylic acids is 1. The van der Waals surface area contributed by atoms with E-state index in [1.54, 1.807) is 4.90 Å². The number of benzene rings is 2. The minimum Gasteiger partial charge on any atom is -0.344 e. The van der Waals surface area contributed by atoms with Gasteiger partial charge in [-0.25, -0.2) is 4.98 Å². The van der Waals surface area contributed by atoms with E-state index in [0.717, 1.165) is 40.4 Å². The minimum absolute atomic E-state index is 0.0883. The van der Waals surface area contributed by atoms with E-state index in [2.05, 4.69) is 6.92 Å². The fourth-order valence-corrected chi connectivity index (χ4v) is 3.17. The van der Waals surface area contributed by atoms with Crippen LogP contribution in [-0.4, -0.2) is 34.0 Å². The van der Waals surface area contributed by atoms with Crippen molar-refractivity contribution in [2.75, 3.05) is 13.6 Å². The summed E-state index contributed by atoms with van der Waals surface area (Å²) >= 11 is 6.31. The summed E-state index contributed by atoms with van der Waals surface area (Å²) in [6.45, 7) is 3.11. The molecule has 1 amide bonds. The Morgan fingerprint density at radius 1 is 1.16 bits per heavy atom. The maximum absolute atomic E-state index is 12.6. The molecule has 0 saturated carbocycles. The molecule has 0 fully saturated rings. The Bertz CT molecular complexity index is 888. The quantitative estimate of drug-likeness (QED) is 0.666. The Kier molecular flexibility index (Phi) is 5.39. The van der Waals surface area contributed by atoms with Crippen molar-refractivity contribution >= 4 is 28.5 Å². The summed E-state index contributed by atoms with van der Waals surface area (Å²) in [6, 6.07) is 15.7. The Hall–Kier alpha value is -2.33. The lowest BCUT2D eigenvalue weighted by Gasteiger charge is -2.18. The number of amides is 1. The average molecular weight is 356 g/mol. The number of hydrogen-bond acceptors (Lipinski definition) is 2. The van der Waals surface area contributed by atoms with Crippen LogP contribution in [0, 0.1) is 0 Å². The molecule has 0 bridgehead atoms. The molecule has 0 N–H and O–H groups in total. The molecule has 0 aliphatic rings. The first kappa shape index (κ1) is 17.5. The first-order valence-electron chi connectivity index (χ1n) is 8.51. The number of aromatic nitrogens is 2. The summed E-state index contributed by atoms with van der Waals surface area (Å²) in [4.78, 5) is 19.1. The van der Waals surface area contributed by atoms with Gasteiger partial charge >= 0.3 is 0 Å². The highest BCUT2D eigenvalue weighted by molar-refractivity contribution is 6.31. The Balaban J connectivity index is 1.97. The van der Waals surface area contributed by atoms with E-state index >= 15 is 0 Å². The molecule has 25 heavy (non-hydrogen) atoms. The third-order valence-corrected chi connectivity index (χ3v) is 4.69. The number of fused-ring (bicyclic) bond motifs is 1. The first-order chi connectivity index (χ1) is 12.1. The third-order valence-electron chi connectivity index (χ3n) is 4.32. The normalized spacial score (nSPS) is 11.0. The van der Waals surface area contributed by atoms with Crippen LogP contribution in [0.25, 0.3) is 11.0 Å². The van der Waals surface area contributed by atoms with E-state index in [9.17, 15) is 4.79 Å². The van der Waals surface area contributed by atoms with E-state index < -0.39 is 0 Å². The number of nitrogens with zero attached hydrogens (tertiary/aromatic N) is 3. The summed E-state index contributed by atoms with van der Waals surface area (Å²) < 4.78 is 2.01. The van der Waals surface area contributed by atoms with Gasteiger partial charge in [-0.15, -0.1) is 0 Å². The highest BCUT2D eigenvalue weighted by atomic mass is 35.5. The summed E-state index contributed by atoms with van der Waals surface area (Å²) in [6.07, 6.45) is 1.54. The minimum atomic E-state index is 0.0883. The van der Waals surface area contributed by atoms with Crippen LogP contribution in [0.5, 0.6) is 0 Å². The van der Waals surface area contributed by atoms with E-state index in [0.29, 0.717) is 6.42 Å². The smallest absolute Gasteiger partial charge is 0.242 e. The predicted molar refractivity (Wildman–Crippen MR) is 102 cm³/mol. The van der Waals surface area contributed by atoms with Gasteiger partial charge in [0.25, 0.3) is 0 Å². The Morgan fingerprint density at radius 2 is 1.88 bits per heavy atom. The van der Waals surface area contributed by atoms with Crippen LogP contribution in [0.3, 0.4) is 0 Å². The molecule has 3 aromatic rings. The van der Waals surface area contributed by atoms with Gasteiger partial charge in [0.15, 0.2) is 0 Å². The Morgan fingerprint density at radius 3 is 2.64 bits per heavy atom. The molecular weight excluding hydrogens is 334 g/mol. The fourth-order valence-electron chi connectivity index (χ4n) is 2.96. The molecule has 0 radical (unpaired) electrons. The number of halogens is 1. The average Bonchev–Trinajstić information content (AvgIpc) is 2.94. The van der Waals surface area contributed by atoms with Gasteiger partial charge in [-0.3, -0.25) is 4.79 Å². The molecule has 0 atom stereocenters. The second kappa shape index (κ2) is 7.70. The van der Waals surface area contributed by atoms with Crippen molar-refractivity contribution in [3.05, 3.63) is 64.9 Å². The number of para-hydroxylation sites is 2. The highest BCUT2D eigenvalue weighted by Crippen LogP contribution is 2.22. The zero-order valence-electron chi connectivity index (χ0n) is 14.6. The molecule has 0 unspecified atom stereocenters. The highest BCUT2D eigenvalue weighted by Gasteiger charge is 2.16. The second-order valence-electron chi connectivity index (χ2n) is 6.19. The molecule has 4 nitrogen and oxygen atoms in total. The molecule has 1 heterocycles. The van der Waals surface area contributed by atoms with Gasteiger partial charge < -0.3 is 9.47 Å². The standard InChI is InChI=1S/C20H22ClN3O/c1-3-12-23(2)20(25)14-24-18-11-7-6-10-17(18)22-19(24)13-15-8-4-5-9-16(15)21/h4-11H,3,12-14H2,1-2H3. The van der Waals surface area contributed by atoms with Crippen LogP contribution in [0.1, 0.15) is 24.7 Å². The van der Waals surface area contributed by atoms with Crippen molar-refractivity contribution in [3.8, 4) is 0 Å². The van der Waals surface area contributed by atoms with Crippen molar-refractivity contribution in [1.29, 1.82) is 0 Å². The van der Waals surface area contributed by atoms with Crippen molar-refractivity contribution in [2.24, 2.45) is 0 Å². The topological polar surface area (TPSA) is 38.1 Å². The van der Waals surface area contributed by atoms with Crippen molar-refractivity contribution in [1.82, 2.24) is 14.5 Å². The number of hydrogen-bond donors (Lipinski definition) is 0. The van der Waals surface area contributed by atoms with Gasteiger partial charge in [0, 0.05) is 25.0 Å². The predicted octanol–water partition coefficient (Wildman–Crippen LogP) is 4.15. The van der Waals surface area contributed by atoms with E-state index in [4.69, 9.17) is 16.6 Å². The fraction of sp³-hybridized carbons (Fsp3) is 0.300. The maximum Gasteiger partial charge on any atom is 0.242 e. The SMILES string of the molecule is CCCN(C)C(=O)Cn1c(Cc2ccccc2Cl)nc2ccccc21. The lowest BCUT2D eigenvalue weighted by atomic mass is 10.1. The van der Waals surface area contributed by atoms with Gasteiger partial charge in [0.05, 0.1) is 11.0 Å². The van der Waals surface area contributed by atoms with E-state index in [-0.39, 0.29) is 12.5 Å². The van der Waals surface area contributed by atoms with E-state index in [1.165, 1.54) is 0 Å². The number of likely N-dealkylation sites (N-methyl/N-ethyl adjacent to an activating group) is 1. The first-order valence-corrected chi connectivity index (χ1v) is 8.89. The monoisotopic (exact) mass is 355 g/mol. The molecule has 3 rings (SSSR count). The van der Waals surface area contributed by atoms with Crippen molar-refractivity contribution < 1.29 is 4.79 Å².